The summed E-state index contributed by atoms with van der Waals surface area (Å²) in [5, 5.41) is 0.261. The largest absolute Gasteiger partial charge is 0.269 e. The van der Waals surface area contributed by atoms with Crippen LogP contribution in [0, 0.1) is 6.92 Å². The molecule has 19 heavy (non-hydrogen) atoms. The maximum absolute atomic E-state index is 12.4. The first-order valence-electron chi connectivity index (χ1n) is 5.58. The molecule has 0 aliphatic heterocycles. The fourth-order valence-electron chi connectivity index (χ4n) is 1.57. The van der Waals surface area contributed by atoms with Crippen LogP contribution >= 0.6 is 11.6 Å². The number of pyridine rings is 1. The van der Waals surface area contributed by atoms with Crippen molar-refractivity contribution in [2.24, 2.45) is 0 Å². The highest BCUT2D eigenvalue weighted by atomic mass is 35.5. The number of benzene rings is 1. The van der Waals surface area contributed by atoms with E-state index in [1.54, 1.807) is 12.1 Å². The summed E-state index contributed by atoms with van der Waals surface area (Å²) in [4.78, 5) is 3.91. The lowest BCUT2D eigenvalue weighted by atomic mass is 10.2. The van der Waals surface area contributed by atoms with Crippen LogP contribution in [0.5, 0.6) is 0 Å². The topological polar surface area (TPSA) is 50.3 Å². The van der Waals surface area contributed by atoms with Crippen LogP contribution in [0.4, 0.5) is 5.69 Å². The smallest absolute Gasteiger partial charge is 0.265 e. The van der Waals surface area contributed by atoms with Gasteiger partial charge in [-0.05, 0) is 31.2 Å². The number of hydrogen-bond acceptors (Lipinski definition) is 3. The number of rotatable bonds is 3. The second-order valence-electron chi connectivity index (χ2n) is 4.12. The molecule has 0 radical (unpaired) electrons. The van der Waals surface area contributed by atoms with Crippen LogP contribution in [0.25, 0.3) is 0 Å². The quantitative estimate of drug-likeness (QED) is 0.818. The van der Waals surface area contributed by atoms with Gasteiger partial charge in [0, 0.05) is 13.2 Å². The molecule has 0 spiro atoms. The minimum absolute atomic E-state index is 0.111. The third-order valence-corrected chi connectivity index (χ3v) is 4.75. The Bertz CT molecular complexity index is 667. The number of nitrogens with zero attached hydrogens (tertiary/aromatic N) is 2. The molecule has 0 bridgehead atoms. The fourth-order valence-corrected chi connectivity index (χ4v) is 2.82. The Kier molecular flexibility index (Phi) is 3.78. The Labute approximate surface area is 117 Å². The maximum atomic E-state index is 12.4. The van der Waals surface area contributed by atoms with Gasteiger partial charge in [-0.25, -0.2) is 13.4 Å². The van der Waals surface area contributed by atoms with E-state index >= 15 is 0 Å². The molecule has 100 valence electrons. The molecule has 0 N–H and O–H groups in total. The van der Waals surface area contributed by atoms with Crippen LogP contribution in [-0.2, 0) is 10.0 Å². The van der Waals surface area contributed by atoms with Gasteiger partial charge in [0.2, 0.25) is 0 Å². The second kappa shape index (κ2) is 5.19. The Morgan fingerprint density at radius 3 is 2.26 bits per heavy atom. The standard InChI is InChI=1S/C13H13ClN2O2S/c1-10-3-5-11(6-4-10)16(2)19(17,18)12-7-8-13(14)15-9-12/h3-9H,1-2H3. The Morgan fingerprint density at radius 1 is 1.11 bits per heavy atom. The molecule has 0 saturated heterocycles. The monoisotopic (exact) mass is 296 g/mol. The molecule has 1 heterocycles. The molecule has 0 aliphatic rings. The van der Waals surface area contributed by atoms with Gasteiger partial charge in [0.05, 0.1) is 5.69 Å². The van der Waals surface area contributed by atoms with E-state index in [4.69, 9.17) is 11.6 Å². The van der Waals surface area contributed by atoms with E-state index in [0.717, 1.165) is 5.56 Å². The summed E-state index contributed by atoms with van der Waals surface area (Å²) < 4.78 is 26.0. The lowest BCUT2D eigenvalue weighted by Gasteiger charge is -2.19. The molecule has 6 heteroatoms. The van der Waals surface area contributed by atoms with Crippen molar-refractivity contribution in [3.05, 3.63) is 53.3 Å². The first-order valence-corrected chi connectivity index (χ1v) is 7.40. The van der Waals surface area contributed by atoms with Crippen LogP contribution in [0.3, 0.4) is 0 Å². The highest BCUT2D eigenvalue weighted by Gasteiger charge is 2.21. The van der Waals surface area contributed by atoms with Crippen molar-refractivity contribution in [1.82, 2.24) is 4.98 Å². The highest BCUT2D eigenvalue weighted by molar-refractivity contribution is 7.92. The molecular formula is C13H13ClN2O2S. The molecule has 0 unspecified atom stereocenters. The van der Waals surface area contributed by atoms with Crippen LogP contribution < -0.4 is 4.31 Å². The zero-order valence-electron chi connectivity index (χ0n) is 10.5. The van der Waals surface area contributed by atoms with Gasteiger partial charge in [-0.15, -0.1) is 0 Å². The van der Waals surface area contributed by atoms with Crippen molar-refractivity contribution in [2.45, 2.75) is 11.8 Å². The van der Waals surface area contributed by atoms with E-state index < -0.39 is 10.0 Å². The zero-order chi connectivity index (χ0) is 14.0. The highest BCUT2D eigenvalue weighted by Crippen LogP contribution is 2.22. The Hall–Kier alpha value is -1.59. The summed E-state index contributed by atoms with van der Waals surface area (Å²) in [6.07, 6.45) is 1.25. The summed E-state index contributed by atoms with van der Waals surface area (Å²) in [6.45, 7) is 1.95. The van der Waals surface area contributed by atoms with E-state index in [1.165, 1.54) is 29.7 Å². The average Bonchev–Trinajstić information content (AvgIpc) is 2.39. The van der Waals surface area contributed by atoms with Gasteiger partial charge in [0.15, 0.2) is 0 Å². The molecule has 0 saturated carbocycles. The predicted molar refractivity (Wildman–Crippen MR) is 76.0 cm³/mol. The van der Waals surface area contributed by atoms with Gasteiger partial charge >= 0.3 is 0 Å². The first kappa shape index (κ1) is 13.8. The van der Waals surface area contributed by atoms with Gasteiger partial charge in [-0.2, -0.15) is 0 Å². The molecule has 2 aromatic rings. The summed E-state index contributed by atoms with van der Waals surface area (Å²) in [5.41, 5.74) is 1.67. The molecule has 2 rings (SSSR count). The second-order valence-corrected chi connectivity index (χ2v) is 6.48. The molecule has 0 aliphatic carbocycles. The van der Waals surface area contributed by atoms with Crippen molar-refractivity contribution in [2.75, 3.05) is 11.4 Å². The van der Waals surface area contributed by atoms with Gasteiger partial charge in [0.1, 0.15) is 10.0 Å². The summed E-state index contributed by atoms with van der Waals surface area (Å²) in [7, 11) is -2.10. The lowest BCUT2D eigenvalue weighted by molar-refractivity contribution is 0.594. The fraction of sp³-hybridized carbons (Fsp3) is 0.154. The number of aromatic nitrogens is 1. The number of sulfonamides is 1. The predicted octanol–water partition coefficient (Wildman–Crippen LogP) is 2.87. The summed E-state index contributed by atoms with van der Waals surface area (Å²) in [5.74, 6) is 0. The molecular weight excluding hydrogens is 284 g/mol. The number of halogens is 1. The van der Waals surface area contributed by atoms with Crippen LogP contribution in [0.15, 0.2) is 47.5 Å². The van der Waals surface area contributed by atoms with Gasteiger partial charge in [-0.3, -0.25) is 4.31 Å². The number of anilines is 1. The van der Waals surface area contributed by atoms with Crippen molar-refractivity contribution >= 4 is 27.3 Å². The molecule has 4 nitrogen and oxygen atoms in total. The van der Waals surface area contributed by atoms with Gasteiger partial charge in [0.25, 0.3) is 10.0 Å². The molecule has 1 aromatic carbocycles. The van der Waals surface area contributed by atoms with Gasteiger partial charge in [-0.1, -0.05) is 29.3 Å². The van der Waals surface area contributed by atoms with Crippen LogP contribution in [0.2, 0.25) is 5.15 Å². The number of aryl methyl sites for hydroxylation is 1. The Morgan fingerprint density at radius 2 is 1.74 bits per heavy atom. The maximum Gasteiger partial charge on any atom is 0.265 e. The Balaban J connectivity index is 2.39. The first-order chi connectivity index (χ1) is 8.91. The average molecular weight is 297 g/mol. The van der Waals surface area contributed by atoms with Crippen molar-refractivity contribution in [3.63, 3.8) is 0 Å². The van der Waals surface area contributed by atoms with E-state index in [1.807, 2.05) is 19.1 Å². The minimum Gasteiger partial charge on any atom is -0.269 e. The molecule has 0 atom stereocenters. The van der Waals surface area contributed by atoms with Crippen LogP contribution in [-0.4, -0.2) is 20.4 Å². The third-order valence-electron chi connectivity index (χ3n) is 2.76. The van der Waals surface area contributed by atoms with E-state index in [9.17, 15) is 8.42 Å². The summed E-state index contributed by atoms with van der Waals surface area (Å²) in [6, 6.07) is 10.1. The normalized spacial score (nSPS) is 11.3. The zero-order valence-corrected chi connectivity index (χ0v) is 12.1. The van der Waals surface area contributed by atoms with E-state index in [0.29, 0.717) is 5.69 Å². The number of hydrogen-bond donors (Lipinski definition) is 0. The van der Waals surface area contributed by atoms with Gasteiger partial charge < -0.3 is 0 Å². The van der Waals surface area contributed by atoms with Crippen molar-refractivity contribution in [3.8, 4) is 0 Å². The van der Waals surface area contributed by atoms with Crippen molar-refractivity contribution in [1.29, 1.82) is 0 Å². The molecule has 0 fully saturated rings. The molecule has 1 aromatic heterocycles. The molecule has 0 amide bonds. The van der Waals surface area contributed by atoms with Crippen molar-refractivity contribution < 1.29 is 8.42 Å². The lowest BCUT2D eigenvalue weighted by Crippen LogP contribution is -2.26. The summed E-state index contributed by atoms with van der Waals surface area (Å²) >= 11 is 5.66. The SMILES string of the molecule is Cc1ccc(N(C)S(=O)(=O)c2ccc(Cl)nc2)cc1. The van der Waals surface area contributed by atoms with E-state index in [-0.39, 0.29) is 10.0 Å². The third kappa shape index (κ3) is 2.88. The van der Waals surface area contributed by atoms with Crippen LogP contribution in [0.1, 0.15) is 5.56 Å². The van der Waals surface area contributed by atoms with E-state index in [2.05, 4.69) is 4.98 Å². The minimum atomic E-state index is -3.61.